The summed E-state index contributed by atoms with van der Waals surface area (Å²) in [6, 6.07) is 10.9. The van der Waals surface area contributed by atoms with Gasteiger partial charge in [0.05, 0.1) is 30.6 Å². The monoisotopic (exact) mass is 457 g/mol. The van der Waals surface area contributed by atoms with Gasteiger partial charge in [-0.1, -0.05) is 0 Å². The number of ether oxygens (including phenoxy) is 3. The summed E-state index contributed by atoms with van der Waals surface area (Å²) in [6.45, 7) is 1.87. The summed E-state index contributed by atoms with van der Waals surface area (Å²) in [7, 11) is 1.36. The Morgan fingerprint density at radius 2 is 1.88 bits per heavy atom. The molecule has 0 aromatic heterocycles. The Balaban J connectivity index is 1.55. The second kappa shape index (κ2) is 10.4. The molecule has 11 nitrogen and oxygen atoms in total. The van der Waals surface area contributed by atoms with Crippen LogP contribution in [0.4, 0.5) is 17.1 Å². The number of carbonyl (C=O) groups is 3. The Morgan fingerprint density at radius 3 is 2.52 bits per heavy atom. The average molecular weight is 457 g/mol. The van der Waals surface area contributed by atoms with Gasteiger partial charge in [0.2, 0.25) is 5.91 Å². The van der Waals surface area contributed by atoms with Gasteiger partial charge in [-0.2, -0.15) is 0 Å². The summed E-state index contributed by atoms with van der Waals surface area (Å²) < 4.78 is 15.4. The van der Waals surface area contributed by atoms with Crippen molar-refractivity contribution in [2.75, 3.05) is 37.1 Å². The Bertz CT molecular complexity index is 1050. The molecule has 174 valence electrons. The van der Waals surface area contributed by atoms with Crippen molar-refractivity contribution in [3.05, 3.63) is 52.6 Å². The van der Waals surface area contributed by atoms with Crippen LogP contribution in [0.5, 0.6) is 11.5 Å². The summed E-state index contributed by atoms with van der Waals surface area (Å²) in [6.07, 6.45) is -0.0440. The first-order chi connectivity index (χ1) is 15.8. The number of carbonyl (C=O) groups excluding carboxylic acids is 3. The van der Waals surface area contributed by atoms with Crippen LogP contribution in [0, 0.1) is 16.0 Å². The van der Waals surface area contributed by atoms with E-state index in [-0.39, 0.29) is 36.0 Å². The van der Waals surface area contributed by atoms with Gasteiger partial charge in [0, 0.05) is 18.7 Å². The van der Waals surface area contributed by atoms with E-state index in [0.717, 1.165) is 0 Å². The molecule has 2 aromatic carbocycles. The predicted octanol–water partition coefficient (Wildman–Crippen LogP) is 2.54. The second-order valence-corrected chi connectivity index (χ2v) is 7.13. The fraction of sp³-hybridized carbons (Fsp3) is 0.318. The highest BCUT2D eigenvalue weighted by Gasteiger charge is 2.36. The highest BCUT2D eigenvalue weighted by molar-refractivity contribution is 6.00. The van der Waals surface area contributed by atoms with Crippen molar-refractivity contribution >= 4 is 34.8 Å². The number of hydrogen-bond acceptors (Lipinski definition) is 8. The van der Waals surface area contributed by atoms with E-state index < -0.39 is 29.3 Å². The molecule has 1 saturated heterocycles. The Hall–Kier alpha value is -4.15. The number of methoxy groups -OCH3 is 1. The molecule has 11 heteroatoms. The fourth-order valence-corrected chi connectivity index (χ4v) is 3.34. The minimum absolute atomic E-state index is 0.0440. The lowest BCUT2D eigenvalue weighted by atomic mass is 10.1. The molecule has 1 aliphatic rings. The lowest BCUT2D eigenvalue weighted by Gasteiger charge is -2.17. The molecule has 2 amide bonds. The predicted molar refractivity (Wildman–Crippen MR) is 117 cm³/mol. The molecule has 1 fully saturated rings. The molecule has 1 heterocycles. The third-order valence-corrected chi connectivity index (χ3v) is 4.94. The van der Waals surface area contributed by atoms with E-state index in [1.54, 1.807) is 24.3 Å². The quantitative estimate of drug-likeness (QED) is 0.344. The smallest absolute Gasteiger partial charge is 0.311 e. The van der Waals surface area contributed by atoms with E-state index in [9.17, 15) is 24.5 Å². The van der Waals surface area contributed by atoms with Crippen molar-refractivity contribution in [1.82, 2.24) is 0 Å². The Morgan fingerprint density at radius 1 is 1.18 bits per heavy atom. The van der Waals surface area contributed by atoms with Crippen LogP contribution in [-0.2, 0) is 19.1 Å². The zero-order valence-corrected chi connectivity index (χ0v) is 18.1. The maximum Gasteiger partial charge on any atom is 0.311 e. The van der Waals surface area contributed by atoms with Crippen molar-refractivity contribution in [1.29, 1.82) is 0 Å². The zero-order valence-electron chi connectivity index (χ0n) is 18.1. The van der Waals surface area contributed by atoms with Crippen LogP contribution >= 0.6 is 0 Å². The molecule has 0 bridgehead atoms. The summed E-state index contributed by atoms with van der Waals surface area (Å²) in [5, 5.41) is 13.6. The summed E-state index contributed by atoms with van der Waals surface area (Å²) in [5.41, 5.74) is 0.212. The molecule has 0 spiro atoms. The molecule has 0 radical (unpaired) electrons. The van der Waals surface area contributed by atoms with Crippen LogP contribution in [0.25, 0.3) is 0 Å². The first-order valence-electron chi connectivity index (χ1n) is 10.1. The topological polar surface area (TPSA) is 137 Å². The van der Waals surface area contributed by atoms with Gasteiger partial charge in [0.25, 0.3) is 11.6 Å². The molecule has 0 aliphatic carbocycles. The minimum Gasteiger partial charge on any atom is -0.496 e. The van der Waals surface area contributed by atoms with E-state index in [2.05, 4.69) is 5.32 Å². The van der Waals surface area contributed by atoms with Gasteiger partial charge in [-0.15, -0.1) is 0 Å². The molecule has 0 saturated carbocycles. The number of hydrogen-bond donors (Lipinski definition) is 1. The van der Waals surface area contributed by atoms with Crippen LogP contribution in [-0.4, -0.2) is 49.6 Å². The van der Waals surface area contributed by atoms with Gasteiger partial charge in [0.15, 0.2) is 6.61 Å². The molecule has 33 heavy (non-hydrogen) atoms. The van der Waals surface area contributed by atoms with Gasteiger partial charge in [-0.05, 0) is 43.3 Å². The number of nitrogens with zero attached hydrogens (tertiary/aromatic N) is 2. The normalized spacial score (nSPS) is 15.2. The standard InChI is InChI=1S/C22H23N3O8/c1-3-32-16-6-4-15(5-7-16)24-12-14(10-21(24)27)22(28)33-13-20(26)23-18-9-8-17(31-2)11-19(18)25(29)30/h4-9,11,14H,3,10,12-13H2,1-2H3,(H,23,26). The van der Waals surface area contributed by atoms with Crippen molar-refractivity contribution < 1.29 is 33.5 Å². The maximum absolute atomic E-state index is 12.4. The van der Waals surface area contributed by atoms with Gasteiger partial charge in [-0.3, -0.25) is 24.5 Å². The number of esters is 1. The van der Waals surface area contributed by atoms with E-state index >= 15 is 0 Å². The lowest BCUT2D eigenvalue weighted by molar-refractivity contribution is -0.384. The van der Waals surface area contributed by atoms with Crippen LogP contribution in [0.3, 0.4) is 0 Å². The van der Waals surface area contributed by atoms with Crippen LogP contribution < -0.4 is 19.7 Å². The highest BCUT2D eigenvalue weighted by Crippen LogP contribution is 2.29. The molecule has 1 unspecified atom stereocenters. The fourth-order valence-electron chi connectivity index (χ4n) is 3.34. The number of nitrogens with one attached hydrogen (secondary N) is 1. The van der Waals surface area contributed by atoms with E-state index in [1.165, 1.54) is 30.2 Å². The number of anilines is 2. The number of rotatable bonds is 9. The molecular formula is C22H23N3O8. The molecule has 1 aliphatic heterocycles. The maximum atomic E-state index is 12.4. The van der Waals surface area contributed by atoms with E-state index in [4.69, 9.17) is 14.2 Å². The number of nitro benzene ring substituents is 1. The van der Waals surface area contributed by atoms with Crippen LogP contribution in [0.1, 0.15) is 13.3 Å². The SMILES string of the molecule is CCOc1ccc(N2CC(C(=O)OCC(=O)Nc3ccc(OC)cc3[N+](=O)[O-])CC2=O)cc1. The molecular weight excluding hydrogens is 434 g/mol. The molecule has 1 atom stereocenters. The van der Waals surface area contributed by atoms with Gasteiger partial charge in [-0.25, -0.2) is 0 Å². The summed E-state index contributed by atoms with van der Waals surface area (Å²) in [5.74, 6) is -1.48. The van der Waals surface area contributed by atoms with Crippen molar-refractivity contribution in [2.45, 2.75) is 13.3 Å². The van der Waals surface area contributed by atoms with Gasteiger partial charge < -0.3 is 24.4 Å². The first-order valence-corrected chi connectivity index (χ1v) is 10.1. The summed E-state index contributed by atoms with van der Waals surface area (Å²) >= 11 is 0. The first kappa shape index (κ1) is 23.5. The Kier molecular flexibility index (Phi) is 7.44. The molecule has 2 aromatic rings. The Labute approximate surface area is 189 Å². The van der Waals surface area contributed by atoms with Crippen LogP contribution in [0.2, 0.25) is 0 Å². The van der Waals surface area contributed by atoms with E-state index in [1.807, 2.05) is 6.92 Å². The van der Waals surface area contributed by atoms with Crippen molar-refractivity contribution in [3.8, 4) is 11.5 Å². The highest BCUT2D eigenvalue weighted by atomic mass is 16.6. The molecule has 1 N–H and O–H groups in total. The number of benzene rings is 2. The van der Waals surface area contributed by atoms with Gasteiger partial charge >= 0.3 is 5.97 Å². The minimum atomic E-state index is -0.746. The van der Waals surface area contributed by atoms with Crippen molar-refractivity contribution in [2.24, 2.45) is 5.92 Å². The third-order valence-electron chi connectivity index (χ3n) is 4.94. The third kappa shape index (κ3) is 5.76. The summed E-state index contributed by atoms with van der Waals surface area (Å²) in [4.78, 5) is 49.0. The lowest BCUT2D eigenvalue weighted by Crippen LogP contribution is -2.28. The average Bonchev–Trinajstić information content (AvgIpc) is 3.20. The van der Waals surface area contributed by atoms with E-state index in [0.29, 0.717) is 18.0 Å². The van der Waals surface area contributed by atoms with Crippen LogP contribution in [0.15, 0.2) is 42.5 Å². The number of nitro groups is 1. The largest absolute Gasteiger partial charge is 0.496 e. The second-order valence-electron chi connectivity index (χ2n) is 7.13. The number of amides is 2. The van der Waals surface area contributed by atoms with Crippen molar-refractivity contribution in [3.63, 3.8) is 0 Å². The molecule has 3 rings (SSSR count). The van der Waals surface area contributed by atoms with Gasteiger partial charge in [0.1, 0.15) is 17.2 Å². The zero-order chi connectivity index (χ0) is 24.0.